The molecule has 1 aliphatic rings. The summed E-state index contributed by atoms with van der Waals surface area (Å²) in [6, 6.07) is 4.44. The molecule has 3 heteroatoms. The van der Waals surface area contributed by atoms with Crippen LogP contribution in [0, 0.1) is 12.8 Å². The van der Waals surface area contributed by atoms with E-state index in [0.29, 0.717) is 6.04 Å². The van der Waals surface area contributed by atoms with Crippen LogP contribution in [0.25, 0.3) is 0 Å². The highest BCUT2D eigenvalue weighted by Crippen LogP contribution is 2.16. The highest BCUT2D eigenvalue weighted by molar-refractivity contribution is 5.23. The normalized spacial score (nSPS) is 25.5. The second-order valence-electron chi connectivity index (χ2n) is 4.38. The molecule has 1 N–H and O–H groups in total. The minimum atomic E-state index is 0.487. The number of aromatic nitrogens is 1. The van der Waals surface area contributed by atoms with Crippen molar-refractivity contribution in [3.63, 3.8) is 0 Å². The molecule has 0 amide bonds. The molecule has 1 unspecified atom stereocenters. The van der Waals surface area contributed by atoms with Crippen molar-refractivity contribution in [1.29, 1.82) is 0 Å². The fourth-order valence-electron chi connectivity index (χ4n) is 1.95. The predicted molar refractivity (Wildman–Crippen MR) is 60.0 cm³/mol. The van der Waals surface area contributed by atoms with E-state index in [4.69, 9.17) is 4.74 Å². The van der Waals surface area contributed by atoms with Crippen LogP contribution in [0.3, 0.4) is 0 Å². The van der Waals surface area contributed by atoms with Crippen LogP contribution in [0.1, 0.15) is 18.9 Å². The molecule has 0 aromatic carbocycles. The van der Waals surface area contributed by atoms with E-state index in [9.17, 15) is 0 Å². The highest BCUT2D eigenvalue weighted by Gasteiger charge is 2.21. The van der Waals surface area contributed by atoms with Crippen molar-refractivity contribution < 1.29 is 4.74 Å². The maximum absolute atomic E-state index is 5.70. The van der Waals surface area contributed by atoms with Crippen LogP contribution in [0.4, 0.5) is 0 Å². The quantitative estimate of drug-likeness (QED) is 0.818. The first-order chi connectivity index (χ1) is 7.25. The predicted octanol–water partition coefficient (Wildman–Crippen LogP) is 1.77. The van der Waals surface area contributed by atoms with Crippen LogP contribution >= 0.6 is 0 Å². The average molecular weight is 206 g/mol. The Morgan fingerprint density at radius 1 is 1.60 bits per heavy atom. The van der Waals surface area contributed by atoms with Gasteiger partial charge in [-0.05, 0) is 31.9 Å². The third-order valence-corrected chi connectivity index (χ3v) is 2.82. The largest absolute Gasteiger partial charge is 0.476 e. The molecule has 82 valence electrons. The molecule has 0 spiro atoms. The maximum Gasteiger partial charge on any atom is 0.216 e. The van der Waals surface area contributed by atoms with Crippen molar-refractivity contribution in [3.05, 3.63) is 23.9 Å². The first-order valence-corrected chi connectivity index (χ1v) is 5.53. The molecule has 15 heavy (non-hydrogen) atoms. The molecule has 2 heterocycles. The second kappa shape index (κ2) is 4.62. The lowest BCUT2D eigenvalue weighted by Crippen LogP contribution is -2.28. The van der Waals surface area contributed by atoms with E-state index >= 15 is 0 Å². The standard InChI is InChI=1S/C12H18N2O/c1-9-6-11(14-7-9)8-15-12-10(2)4-3-5-13-12/h3-5,9,11,14H,6-8H2,1-2H3/t9?,11-/m1/s1. The molecule has 0 radical (unpaired) electrons. The van der Waals surface area contributed by atoms with E-state index in [1.165, 1.54) is 6.42 Å². The molecule has 1 fully saturated rings. The molecule has 2 atom stereocenters. The minimum Gasteiger partial charge on any atom is -0.476 e. The minimum absolute atomic E-state index is 0.487. The molecule has 1 saturated heterocycles. The lowest BCUT2D eigenvalue weighted by molar-refractivity contribution is 0.264. The van der Waals surface area contributed by atoms with Gasteiger partial charge in [-0.1, -0.05) is 13.0 Å². The Bertz CT molecular complexity index is 327. The third kappa shape index (κ3) is 2.69. The van der Waals surface area contributed by atoms with E-state index in [1.54, 1.807) is 6.20 Å². The zero-order valence-electron chi connectivity index (χ0n) is 9.36. The van der Waals surface area contributed by atoms with E-state index in [-0.39, 0.29) is 0 Å². The van der Waals surface area contributed by atoms with E-state index < -0.39 is 0 Å². The lowest BCUT2D eigenvalue weighted by atomic mass is 10.1. The van der Waals surface area contributed by atoms with Gasteiger partial charge in [-0.25, -0.2) is 4.98 Å². The molecule has 3 nitrogen and oxygen atoms in total. The molecule has 0 bridgehead atoms. The van der Waals surface area contributed by atoms with E-state index in [2.05, 4.69) is 17.2 Å². The molecular weight excluding hydrogens is 188 g/mol. The Labute approximate surface area is 90.9 Å². The van der Waals surface area contributed by atoms with Crippen LogP contribution in [-0.4, -0.2) is 24.2 Å². The summed E-state index contributed by atoms with van der Waals surface area (Å²) in [6.45, 7) is 6.11. The zero-order chi connectivity index (χ0) is 10.7. The number of pyridine rings is 1. The van der Waals surface area contributed by atoms with Crippen molar-refractivity contribution in [2.75, 3.05) is 13.2 Å². The van der Waals surface area contributed by atoms with E-state index in [0.717, 1.165) is 30.5 Å². The fourth-order valence-corrected chi connectivity index (χ4v) is 1.95. The SMILES string of the molecule is Cc1cccnc1OC[C@H]1CC(C)CN1. The van der Waals surface area contributed by atoms with Gasteiger partial charge in [0.15, 0.2) is 0 Å². The summed E-state index contributed by atoms with van der Waals surface area (Å²) in [7, 11) is 0. The number of hydrogen-bond donors (Lipinski definition) is 1. The number of aryl methyl sites for hydroxylation is 1. The van der Waals surface area contributed by atoms with Gasteiger partial charge in [0, 0.05) is 17.8 Å². The van der Waals surface area contributed by atoms with Gasteiger partial charge in [0.25, 0.3) is 0 Å². The van der Waals surface area contributed by atoms with Crippen LogP contribution in [0.15, 0.2) is 18.3 Å². The van der Waals surface area contributed by atoms with Crippen LogP contribution < -0.4 is 10.1 Å². The highest BCUT2D eigenvalue weighted by atomic mass is 16.5. The van der Waals surface area contributed by atoms with Gasteiger partial charge in [-0.15, -0.1) is 0 Å². The Morgan fingerprint density at radius 2 is 2.47 bits per heavy atom. The van der Waals surface area contributed by atoms with Gasteiger partial charge < -0.3 is 10.1 Å². The number of ether oxygens (including phenoxy) is 1. The molecule has 2 rings (SSSR count). The summed E-state index contributed by atoms with van der Waals surface area (Å²) < 4.78 is 5.70. The third-order valence-electron chi connectivity index (χ3n) is 2.82. The molecule has 0 saturated carbocycles. The van der Waals surface area contributed by atoms with Crippen molar-refractivity contribution in [2.45, 2.75) is 26.3 Å². The molecule has 1 aliphatic heterocycles. The first-order valence-electron chi connectivity index (χ1n) is 5.53. The summed E-state index contributed by atoms with van der Waals surface area (Å²) in [4.78, 5) is 4.21. The monoisotopic (exact) mass is 206 g/mol. The average Bonchev–Trinajstić information content (AvgIpc) is 2.63. The van der Waals surface area contributed by atoms with Gasteiger partial charge in [-0.3, -0.25) is 0 Å². The number of nitrogens with one attached hydrogen (secondary N) is 1. The van der Waals surface area contributed by atoms with Crippen LogP contribution in [-0.2, 0) is 0 Å². The van der Waals surface area contributed by atoms with Gasteiger partial charge in [0.1, 0.15) is 6.61 Å². The summed E-state index contributed by atoms with van der Waals surface area (Å²) in [5, 5.41) is 3.44. The Hall–Kier alpha value is -1.09. The molecule has 1 aromatic rings. The zero-order valence-corrected chi connectivity index (χ0v) is 9.36. The maximum atomic E-state index is 5.70. The summed E-state index contributed by atoms with van der Waals surface area (Å²) in [6.07, 6.45) is 2.97. The Balaban J connectivity index is 1.86. The van der Waals surface area contributed by atoms with Crippen LogP contribution in [0.5, 0.6) is 5.88 Å². The van der Waals surface area contributed by atoms with Crippen LogP contribution in [0.2, 0.25) is 0 Å². The number of rotatable bonds is 3. The lowest BCUT2D eigenvalue weighted by Gasteiger charge is -2.12. The van der Waals surface area contributed by atoms with Gasteiger partial charge in [-0.2, -0.15) is 0 Å². The fraction of sp³-hybridized carbons (Fsp3) is 0.583. The molecule has 1 aromatic heterocycles. The van der Waals surface area contributed by atoms with E-state index in [1.807, 2.05) is 19.1 Å². The molecule has 0 aliphatic carbocycles. The van der Waals surface area contributed by atoms with Crippen molar-refractivity contribution in [1.82, 2.24) is 10.3 Å². The summed E-state index contributed by atoms with van der Waals surface area (Å²) in [5.74, 6) is 1.53. The number of hydrogen-bond acceptors (Lipinski definition) is 3. The summed E-state index contributed by atoms with van der Waals surface area (Å²) in [5.41, 5.74) is 1.10. The second-order valence-corrected chi connectivity index (χ2v) is 4.38. The van der Waals surface area contributed by atoms with Gasteiger partial charge >= 0.3 is 0 Å². The van der Waals surface area contributed by atoms with Crippen molar-refractivity contribution >= 4 is 0 Å². The Morgan fingerprint density at radius 3 is 3.13 bits per heavy atom. The van der Waals surface area contributed by atoms with Gasteiger partial charge in [0.05, 0.1) is 0 Å². The topological polar surface area (TPSA) is 34.1 Å². The Kier molecular flexibility index (Phi) is 3.21. The van der Waals surface area contributed by atoms with Gasteiger partial charge in [0.2, 0.25) is 5.88 Å². The van der Waals surface area contributed by atoms with Crippen molar-refractivity contribution in [3.8, 4) is 5.88 Å². The van der Waals surface area contributed by atoms with Crippen molar-refractivity contribution in [2.24, 2.45) is 5.92 Å². The first kappa shape index (κ1) is 10.4. The smallest absolute Gasteiger partial charge is 0.216 e. The summed E-state index contributed by atoms with van der Waals surface area (Å²) >= 11 is 0. The molecular formula is C12H18N2O. The number of nitrogens with zero attached hydrogens (tertiary/aromatic N) is 1.